The summed E-state index contributed by atoms with van der Waals surface area (Å²) in [6, 6.07) is 29.3. The number of carbonyl (C=O) groups is 2. The molecule has 0 spiro atoms. The molecule has 2 amide bonds. The molecular formula is C26H26N2O3. The second kappa shape index (κ2) is 9.58. The van der Waals surface area contributed by atoms with Crippen molar-refractivity contribution in [3.63, 3.8) is 0 Å². The van der Waals surface area contributed by atoms with Gasteiger partial charge in [-0.2, -0.15) is 0 Å². The van der Waals surface area contributed by atoms with E-state index in [0.29, 0.717) is 13.1 Å². The lowest BCUT2D eigenvalue weighted by molar-refractivity contribution is -0.130. The van der Waals surface area contributed by atoms with E-state index < -0.39 is 12.2 Å². The van der Waals surface area contributed by atoms with Crippen LogP contribution in [-0.4, -0.2) is 34.4 Å². The molecule has 158 valence electrons. The molecule has 2 atom stereocenters. The maximum atomic E-state index is 13.2. The Bertz CT molecular complexity index is 967. The van der Waals surface area contributed by atoms with Crippen LogP contribution in [0.4, 0.5) is 4.79 Å². The zero-order valence-electron chi connectivity index (χ0n) is 17.6. The monoisotopic (exact) mass is 414 g/mol. The van der Waals surface area contributed by atoms with Gasteiger partial charge in [0.2, 0.25) is 5.91 Å². The molecule has 3 aromatic carbocycles. The van der Waals surface area contributed by atoms with E-state index in [-0.39, 0.29) is 18.5 Å². The van der Waals surface area contributed by atoms with Gasteiger partial charge in [0.15, 0.2) is 0 Å². The van der Waals surface area contributed by atoms with Crippen molar-refractivity contribution in [3.8, 4) is 0 Å². The first-order chi connectivity index (χ1) is 15.1. The van der Waals surface area contributed by atoms with Gasteiger partial charge in [-0.3, -0.25) is 9.69 Å². The van der Waals surface area contributed by atoms with Gasteiger partial charge >= 0.3 is 6.09 Å². The van der Waals surface area contributed by atoms with E-state index in [0.717, 1.165) is 16.7 Å². The average molecular weight is 415 g/mol. The average Bonchev–Trinajstić information content (AvgIpc) is 3.09. The molecule has 0 aliphatic carbocycles. The molecule has 0 bridgehead atoms. The van der Waals surface area contributed by atoms with Gasteiger partial charge in [-0.1, -0.05) is 91.0 Å². The number of carbonyl (C=O) groups excluding carboxylic acids is 2. The zero-order chi connectivity index (χ0) is 21.6. The van der Waals surface area contributed by atoms with Gasteiger partial charge in [0.1, 0.15) is 6.10 Å². The minimum Gasteiger partial charge on any atom is -0.439 e. The fraction of sp³-hybridized carbons (Fsp3) is 0.231. The lowest BCUT2D eigenvalue weighted by Gasteiger charge is -2.25. The number of ether oxygens (including phenoxy) is 1. The molecule has 3 aromatic rings. The lowest BCUT2D eigenvalue weighted by atomic mass is 10.0. The minimum absolute atomic E-state index is 0.130. The summed E-state index contributed by atoms with van der Waals surface area (Å²) in [4.78, 5) is 29.1. The van der Waals surface area contributed by atoms with Crippen LogP contribution in [0.1, 0.15) is 29.7 Å². The third-order valence-corrected chi connectivity index (χ3v) is 5.52. The highest BCUT2D eigenvalue weighted by molar-refractivity contribution is 5.94. The van der Waals surface area contributed by atoms with Crippen molar-refractivity contribution in [1.29, 1.82) is 0 Å². The number of nitrogens with zero attached hydrogens (tertiary/aromatic N) is 2. The van der Waals surface area contributed by atoms with Crippen LogP contribution in [-0.2, 0) is 22.6 Å². The van der Waals surface area contributed by atoms with Crippen molar-refractivity contribution in [2.24, 2.45) is 0 Å². The Hall–Kier alpha value is -3.44. The summed E-state index contributed by atoms with van der Waals surface area (Å²) >= 11 is 0. The standard InChI is InChI=1S/C26H26N2O3/c1-20-25(23-15-9-4-10-16-23)31-26(30)28(20)24(29)19-27(17-21-11-5-2-6-12-21)18-22-13-7-3-8-14-22/h2-16,20,25H,17-19H2,1H3/t20-,25-/m1/s1. The van der Waals surface area contributed by atoms with E-state index in [1.54, 1.807) is 0 Å². The first kappa shape index (κ1) is 20.8. The zero-order valence-corrected chi connectivity index (χ0v) is 17.6. The Balaban J connectivity index is 1.50. The fourth-order valence-electron chi connectivity index (χ4n) is 4.00. The smallest absolute Gasteiger partial charge is 0.417 e. The van der Waals surface area contributed by atoms with Gasteiger partial charge in [-0.05, 0) is 23.6 Å². The SMILES string of the molecule is C[C@@H]1[C@H](c2ccccc2)OC(=O)N1C(=O)CN(Cc1ccccc1)Cc1ccccc1. The molecule has 1 fully saturated rings. The Labute approximate surface area is 182 Å². The van der Waals surface area contributed by atoms with Gasteiger partial charge in [-0.15, -0.1) is 0 Å². The van der Waals surface area contributed by atoms with Crippen LogP contribution >= 0.6 is 0 Å². The number of benzene rings is 3. The second-order valence-corrected chi connectivity index (χ2v) is 7.84. The summed E-state index contributed by atoms with van der Waals surface area (Å²) in [7, 11) is 0. The molecule has 0 aromatic heterocycles. The van der Waals surface area contributed by atoms with Crippen LogP contribution in [0.3, 0.4) is 0 Å². The third kappa shape index (κ3) is 5.01. The summed E-state index contributed by atoms with van der Waals surface area (Å²) in [5, 5.41) is 0. The van der Waals surface area contributed by atoms with E-state index in [1.165, 1.54) is 4.90 Å². The lowest BCUT2D eigenvalue weighted by Crippen LogP contribution is -2.44. The predicted octanol–water partition coefficient (Wildman–Crippen LogP) is 4.80. The predicted molar refractivity (Wildman–Crippen MR) is 119 cm³/mol. The van der Waals surface area contributed by atoms with Crippen LogP contribution in [0.25, 0.3) is 0 Å². The van der Waals surface area contributed by atoms with E-state index in [2.05, 4.69) is 4.90 Å². The van der Waals surface area contributed by atoms with Crippen LogP contribution in [0.15, 0.2) is 91.0 Å². The molecule has 4 rings (SSSR count). The van der Waals surface area contributed by atoms with Crippen LogP contribution in [0.2, 0.25) is 0 Å². The molecule has 0 N–H and O–H groups in total. The van der Waals surface area contributed by atoms with Crippen molar-refractivity contribution in [3.05, 3.63) is 108 Å². The second-order valence-electron chi connectivity index (χ2n) is 7.84. The first-order valence-electron chi connectivity index (χ1n) is 10.5. The number of hydrogen-bond acceptors (Lipinski definition) is 4. The van der Waals surface area contributed by atoms with Crippen LogP contribution < -0.4 is 0 Å². The first-order valence-corrected chi connectivity index (χ1v) is 10.5. The van der Waals surface area contributed by atoms with E-state index in [4.69, 9.17) is 4.74 Å². The molecule has 31 heavy (non-hydrogen) atoms. The van der Waals surface area contributed by atoms with E-state index in [9.17, 15) is 9.59 Å². The van der Waals surface area contributed by atoms with Gasteiger partial charge in [0.25, 0.3) is 0 Å². The van der Waals surface area contributed by atoms with Gasteiger partial charge in [0, 0.05) is 13.1 Å². The van der Waals surface area contributed by atoms with E-state index >= 15 is 0 Å². The molecular weight excluding hydrogens is 388 g/mol. The largest absolute Gasteiger partial charge is 0.439 e. The molecule has 1 saturated heterocycles. The maximum Gasteiger partial charge on any atom is 0.417 e. The van der Waals surface area contributed by atoms with Gasteiger partial charge in [0.05, 0.1) is 12.6 Å². The molecule has 1 aliphatic rings. The number of amides is 2. The Morgan fingerprint density at radius 3 is 1.84 bits per heavy atom. The molecule has 1 aliphatic heterocycles. The maximum absolute atomic E-state index is 13.2. The Morgan fingerprint density at radius 2 is 1.32 bits per heavy atom. The molecule has 0 radical (unpaired) electrons. The molecule has 0 saturated carbocycles. The van der Waals surface area contributed by atoms with Crippen molar-refractivity contribution in [1.82, 2.24) is 9.80 Å². The summed E-state index contributed by atoms with van der Waals surface area (Å²) in [6.07, 6.45) is -1.03. The Kier molecular flexibility index (Phi) is 6.43. The van der Waals surface area contributed by atoms with Crippen molar-refractivity contribution in [2.45, 2.75) is 32.2 Å². The molecule has 5 nitrogen and oxygen atoms in total. The highest BCUT2D eigenvalue weighted by atomic mass is 16.6. The summed E-state index contributed by atoms with van der Waals surface area (Å²) in [6.45, 7) is 3.21. The van der Waals surface area contributed by atoms with Crippen molar-refractivity contribution >= 4 is 12.0 Å². The molecule has 1 heterocycles. The summed E-state index contributed by atoms with van der Waals surface area (Å²) in [5.74, 6) is -0.247. The van der Waals surface area contributed by atoms with Crippen molar-refractivity contribution < 1.29 is 14.3 Å². The number of hydrogen-bond donors (Lipinski definition) is 0. The molecule has 5 heteroatoms. The normalized spacial score (nSPS) is 18.3. The summed E-state index contributed by atoms with van der Waals surface area (Å²) in [5.41, 5.74) is 3.12. The number of imide groups is 1. The van der Waals surface area contributed by atoms with Gasteiger partial charge in [-0.25, -0.2) is 9.69 Å². The Morgan fingerprint density at radius 1 is 0.839 bits per heavy atom. The topological polar surface area (TPSA) is 49.9 Å². The number of rotatable bonds is 7. The van der Waals surface area contributed by atoms with Crippen LogP contribution in [0.5, 0.6) is 0 Å². The quantitative estimate of drug-likeness (QED) is 0.557. The third-order valence-electron chi connectivity index (χ3n) is 5.52. The minimum atomic E-state index is -0.578. The molecule has 0 unspecified atom stereocenters. The highest BCUT2D eigenvalue weighted by Gasteiger charge is 2.43. The van der Waals surface area contributed by atoms with Crippen molar-refractivity contribution in [2.75, 3.05) is 6.54 Å². The van der Waals surface area contributed by atoms with E-state index in [1.807, 2.05) is 97.9 Å². The highest BCUT2D eigenvalue weighted by Crippen LogP contribution is 2.32. The fourth-order valence-corrected chi connectivity index (χ4v) is 4.00. The summed E-state index contributed by atoms with van der Waals surface area (Å²) < 4.78 is 5.56. The van der Waals surface area contributed by atoms with Crippen LogP contribution in [0, 0.1) is 0 Å². The number of cyclic esters (lactones) is 1. The van der Waals surface area contributed by atoms with Gasteiger partial charge < -0.3 is 4.74 Å².